The van der Waals surface area contributed by atoms with Crippen LogP contribution in [0.2, 0.25) is 0 Å². The average molecular weight is 287 g/mol. The molecule has 0 aliphatic carbocycles. The molecule has 1 heterocycles. The lowest BCUT2D eigenvalue weighted by atomic mass is 10.0. The normalized spacial score (nSPS) is 17.6. The average Bonchev–Trinajstić information content (AvgIpc) is 3.25. The monoisotopic (exact) mass is 287 g/mol. The molecule has 0 amide bonds. The van der Waals surface area contributed by atoms with Gasteiger partial charge in [-0.15, -0.1) is 0 Å². The Labute approximate surface area is 121 Å². The van der Waals surface area contributed by atoms with E-state index in [0.29, 0.717) is 6.42 Å². The summed E-state index contributed by atoms with van der Waals surface area (Å²) in [5, 5.41) is 10.2. The Morgan fingerprint density at radius 3 is 2.10 bits per heavy atom. The highest BCUT2D eigenvalue weighted by molar-refractivity contribution is 6.18. The van der Waals surface area contributed by atoms with Crippen molar-refractivity contribution < 1.29 is 14.9 Å². The Balaban J connectivity index is 1.84. The van der Waals surface area contributed by atoms with Gasteiger partial charge in [-0.25, -0.2) is 0 Å². The maximum atomic E-state index is 10.2. The first-order valence-corrected chi connectivity index (χ1v) is 7.49. The minimum atomic E-state index is -1.49. The highest BCUT2D eigenvalue weighted by atomic mass is 28.2. The molecule has 104 valence electrons. The third kappa shape index (κ3) is 2.76. The van der Waals surface area contributed by atoms with Crippen LogP contribution in [0, 0.1) is 0 Å². The molecule has 3 rings (SSSR count). The van der Waals surface area contributed by atoms with Crippen LogP contribution in [-0.4, -0.2) is 27.5 Å². The molecule has 20 heavy (non-hydrogen) atoms. The summed E-state index contributed by atoms with van der Waals surface area (Å²) in [4.78, 5) is 9.62. The smallest absolute Gasteiger partial charge is 0.357 e. The van der Waals surface area contributed by atoms with E-state index in [4.69, 9.17) is 9.78 Å². The maximum absolute atomic E-state index is 10.2. The van der Waals surface area contributed by atoms with Gasteiger partial charge in [-0.3, -0.25) is 0 Å². The van der Waals surface area contributed by atoms with Crippen LogP contribution >= 0.6 is 0 Å². The van der Waals surface area contributed by atoms with E-state index in [9.17, 15) is 5.11 Å². The molecule has 2 aromatic rings. The van der Waals surface area contributed by atoms with Crippen molar-refractivity contribution in [2.24, 2.45) is 0 Å². The standard InChI is InChI=1S/C15H17NO3Si/c17-15(18-19-15)14(11-12-7-3-1-4-8-12)16(20)13-9-5-2-6-10-13/h1-10,14,17H,11H2,20H3/t14-/m0/s1. The SMILES string of the molecule is OC1([C@H](Cc2ccccc2)N([SiH3])c2ccccc2)OO1. The molecule has 0 unspecified atom stereocenters. The van der Waals surface area contributed by atoms with Crippen LogP contribution < -0.4 is 4.57 Å². The Morgan fingerprint density at radius 2 is 1.55 bits per heavy atom. The molecule has 1 aliphatic heterocycles. The van der Waals surface area contributed by atoms with Crippen molar-refractivity contribution in [2.75, 3.05) is 4.57 Å². The zero-order valence-electron chi connectivity index (χ0n) is 11.3. The molecular formula is C15H17NO3Si. The summed E-state index contributed by atoms with van der Waals surface area (Å²) in [7, 11) is 0.755. The van der Waals surface area contributed by atoms with Crippen LogP contribution in [0.1, 0.15) is 5.56 Å². The van der Waals surface area contributed by atoms with Crippen LogP contribution in [0.3, 0.4) is 0 Å². The summed E-state index contributed by atoms with van der Waals surface area (Å²) in [6.07, 6.45) is 0.662. The van der Waals surface area contributed by atoms with Gasteiger partial charge in [-0.1, -0.05) is 48.5 Å². The van der Waals surface area contributed by atoms with Crippen molar-refractivity contribution in [2.45, 2.75) is 18.4 Å². The first kappa shape index (κ1) is 13.3. The molecule has 0 saturated carbocycles. The van der Waals surface area contributed by atoms with E-state index in [1.807, 2.05) is 60.7 Å². The first-order chi connectivity index (χ1) is 9.69. The predicted octanol–water partition coefficient (Wildman–Crippen LogP) is 0.993. The van der Waals surface area contributed by atoms with Gasteiger partial charge in [0.1, 0.15) is 16.4 Å². The zero-order chi connectivity index (χ0) is 14.0. The van der Waals surface area contributed by atoms with Crippen molar-refractivity contribution in [3.05, 3.63) is 66.2 Å². The first-order valence-electron chi connectivity index (χ1n) is 6.60. The number of benzene rings is 2. The molecule has 4 nitrogen and oxygen atoms in total. The zero-order valence-corrected chi connectivity index (χ0v) is 13.3. The Hall–Kier alpha value is -1.66. The predicted molar refractivity (Wildman–Crippen MR) is 79.9 cm³/mol. The number of rotatable bonds is 5. The molecule has 0 spiro atoms. The fraction of sp³-hybridized carbons (Fsp3) is 0.200. The number of aliphatic hydroxyl groups is 1. The molecular weight excluding hydrogens is 270 g/mol. The van der Waals surface area contributed by atoms with E-state index < -0.39 is 5.97 Å². The summed E-state index contributed by atoms with van der Waals surface area (Å²) < 4.78 is 2.11. The van der Waals surface area contributed by atoms with Crippen molar-refractivity contribution in [3.63, 3.8) is 0 Å². The summed E-state index contributed by atoms with van der Waals surface area (Å²) in [5.41, 5.74) is 2.20. The van der Waals surface area contributed by atoms with Gasteiger partial charge in [0.05, 0.1) is 0 Å². The molecule has 1 aliphatic rings. The van der Waals surface area contributed by atoms with Crippen molar-refractivity contribution in [1.82, 2.24) is 0 Å². The molecule has 1 N–H and O–H groups in total. The maximum Gasteiger partial charge on any atom is 0.357 e. The molecule has 0 radical (unpaired) electrons. The summed E-state index contributed by atoms with van der Waals surface area (Å²) in [6.45, 7) is 0. The van der Waals surface area contributed by atoms with Gasteiger partial charge < -0.3 is 9.67 Å². The quantitative estimate of drug-likeness (QED) is 0.506. The molecule has 1 saturated heterocycles. The number of anilines is 1. The lowest BCUT2D eigenvalue weighted by molar-refractivity contribution is 0.00610. The summed E-state index contributed by atoms with van der Waals surface area (Å²) >= 11 is 0. The van der Waals surface area contributed by atoms with Gasteiger partial charge in [-0.05, 0) is 17.7 Å². The number of para-hydroxylation sites is 1. The fourth-order valence-electron chi connectivity index (χ4n) is 2.34. The highest BCUT2D eigenvalue weighted by Gasteiger charge is 2.56. The van der Waals surface area contributed by atoms with Gasteiger partial charge >= 0.3 is 5.97 Å². The van der Waals surface area contributed by atoms with Gasteiger partial charge in [0.25, 0.3) is 0 Å². The highest BCUT2D eigenvalue weighted by Crippen LogP contribution is 2.36. The van der Waals surface area contributed by atoms with E-state index in [1.165, 1.54) is 0 Å². The molecule has 2 aromatic carbocycles. The minimum Gasteiger partial charge on any atom is -0.396 e. The van der Waals surface area contributed by atoms with Crippen LogP contribution in [0.4, 0.5) is 5.69 Å². The largest absolute Gasteiger partial charge is 0.396 e. The lowest BCUT2D eigenvalue weighted by Gasteiger charge is -2.30. The second-order valence-corrected chi connectivity index (χ2v) is 5.91. The Bertz CT molecular complexity index is 560. The third-order valence-corrected chi connectivity index (χ3v) is 4.72. The number of hydrogen-bond donors (Lipinski definition) is 1. The van der Waals surface area contributed by atoms with Crippen LogP contribution in [0.25, 0.3) is 0 Å². The second-order valence-electron chi connectivity index (χ2n) is 4.95. The minimum absolute atomic E-state index is 0.251. The number of nitrogens with zero attached hydrogens (tertiary/aromatic N) is 1. The molecule has 0 aromatic heterocycles. The molecule has 1 fully saturated rings. The van der Waals surface area contributed by atoms with Gasteiger partial charge in [0, 0.05) is 12.1 Å². The third-order valence-electron chi connectivity index (χ3n) is 3.58. The summed E-state index contributed by atoms with van der Waals surface area (Å²) in [6, 6.07) is 19.8. The van der Waals surface area contributed by atoms with Gasteiger partial charge in [-0.2, -0.15) is 9.78 Å². The van der Waals surface area contributed by atoms with Crippen molar-refractivity contribution in [1.29, 1.82) is 0 Å². The summed E-state index contributed by atoms with van der Waals surface area (Å²) in [5.74, 6) is -1.49. The molecule has 0 bridgehead atoms. The van der Waals surface area contributed by atoms with Crippen molar-refractivity contribution in [3.8, 4) is 0 Å². The molecule has 1 atom stereocenters. The van der Waals surface area contributed by atoms with E-state index in [2.05, 4.69) is 4.57 Å². The molecule has 5 heteroatoms. The van der Waals surface area contributed by atoms with Gasteiger partial charge in [0.2, 0.25) is 0 Å². The topological polar surface area (TPSA) is 48.5 Å². The van der Waals surface area contributed by atoms with Crippen LogP contribution in [0.5, 0.6) is 0 Å². The van der Waals surface area contributed by atoms with Crippen LogP contribution in [0.15, 0.2) is 60.7 Å². The Morgan fingerprint density at radius 1 is 1.00 bits per heavy atom. The van der Waals surface area contributed by atoms with E-state index in [0.717, 1.165) is 21.7 Å². The fourth-order valence-corrected chi connectivity index (χ4v) is 3.15. The van der Waals surface area contributed by atoms with E-state index in [1.54, 1.807) is 0 Å². The van der Waals surface area contributed by atoms with Gasteiger partial charge in [0.15, 0.2) is 0 Å². The van der Waals surface area contributed by atoms with E-state index >= 15 is 0 Å². The van der Waals surface area contributed by atoms with E-state index in [-0.39, 0.29) is 6.04 Å². The number of hydrogen-bond acceptors (Lipinski definition) is 4. The second kappa shape index (κ2) is 5.38. The van der Waals surface area contributed by atoms with Crippen LogP contribution in [-0.2, 0) is 16.2 Å². The Kier molecular flexibility index (Phi) is 3.58. The van der Waals surface area contributed by atoms with Crippen molar-refractivity contribution >= 4 is 16.1 Å². The lowest BCUT2D eigenvalue weighted by Crippen LogP contribution is -2.46.